The van der Waals surface area contributed by atoms with Crippen molar-refractivity contribution in [1.29, 1.82) is 5.26 Å². The van der Waals surface area contributed by atoms with Gasteiger partial charge in [-0.2, -0.15) is 5.26 Å². The second-order valence-corrected chi connectivity index (χ2v) is 19.9. The highest BCUT2D eigenvalue weighted by Gasteiger charge is 2.67. The first-order valence-corrected chi connectivity index (χ1v) is 22.4. The maximum absolute atomic E-state index is 13.9. The summed E-state index contributed by atoms with van der Waals surface area (Å²) in [5.74, 6) is 8.80. The number of amides is 4. The van der Waals surface area contributed by atoms with Crippen molar-refractivity contribution < 1.29 is 23.9 Å². The minimum Gasteiger partial charge on any atom is -0.489 e. The number of nitrogens with one attached hydrogen (secondary N) is 1. The van der Waals surface area contributed by atoms with Gasteiger partial charge in [0.25, 0.3) is 11.8 Å². The molecule has 61 heavy (non-hydrogen) atoms. The molecular formula is C50H54ClN5O5. The van der Waals surface area contributed by atoms with E-state index < -0.39 is 6.04 Å². The Morgan fingerprint density at radius 2 is 1.51 bits per heavy atom. The van der Waals surface area contributed by atoms with E-state index in [2.05, 4.69) is 68.0 Å². The number of fused-ring (bicyclic) bond motifs is 2. The number of anilines is 1. The van der Waals surface area contributed by atoms with Crippen molar-refractivity contribution in [2.24, 2.45) is 28.6 Å². The van der Waals surface area contributed by atoms with Crippen molar-refractivity contribution in [2.45, 2.75) is 117 Å². The summed E-state index contributed by atoms with van der Waals surface area (Å²) in [6.07, 6.45) is 8.87. The van der Waals surface area contributed by atoms with Crippen LogP contribution in [-0.4, -0.2) is 64.7 Å². The minimum absolute atomic E-state index is 0.0325. The van der Waals surface area contributed by atoms with E-state index in [0.717, 1.165) is 59.8 Å². The van der Waals surface area contributed by atoms with Gasteiger partial charge in [0, 0.05) is 83.8 Å². The van der Waals surface area contributed by atoms with Crippen LogP contribution in [0.3, 0.4) is 0 Å². The van der Waals surface area contributed by atoms with Crippen molar-refractivity contribution in [3.63, 3.8) is 0 Å². The highest BCUT2D eigenvalue weighted by Crippen LogP contribution is 2.59. The number of piperidine rings is 1. The Morgan fingerprint density at radius 3 is 2.25 bits per heavy atom. The van der Waals surface area contributed by atoms with Crippen LogP contribution in [0, 0.1) is 51.8 Å². The van der Waals surface area contributed by atoms with E-state index in [4.69, 9.17) is 16.3 Å². The summed E-state index contributed by atoms with van der Waals surface area (Å²) in [4.78, 5) is 57.1. The molecule has 4 aliphatic heterocycles. The van der Waals surface area contributed by atoms with Crippen molar-refractivity contribution in [2.75, 3.05) is 18.0 Å². The van der Waals surface area contributed by atoms with Crippen LogP contribution in [0.15, 0.2) is 54.6 Å². The van der Waals surface area contributed by atoms with Gasteiger partial charge in [-0.15, -0.1) is 0 Å². The van der Waals surface area contributed by atoms with Gasteiger partial charge in [0.05, 0.1) is 10.6 Å². The van der Waals surface area contributed by atoms with Gasteiger partial charge in [-0.1, -0.05) is 70.4 Å². The first kappa shape index (κ1) is 41.1. The molecule has 6 aliphatic rings. The zero-order valence-electron chi connectivity index (χ0n) is 35.6. The topological polar surface area (TPSA) is 123 Å². The number of rotatable bonds is 8. The zero-order chi connectivity index (χ0) is 42.8. The molecule has 0 aromatic heterocycles. The molecule has 4 heterocycles. The Balaban J connectivity index is 0.742. The maximum atomic E-state index is 13.9. The first-order valence-electron chi connectivity index (χ1n) is 22.1. The number of halogens is 1. The van der Waals surface area contributed by atoms with Crippen LogP contribution in [0.25, 0.3) is 0 Å². The van der Waals surface area contributed by atoms with Gasteiger partial charge in [-0.3, -0.25) is 24.5 Å². The molecule has 4 amide bonds. The molecule has 2 saturated carbocycles. The number of hydrogen-bond acceptors (Lipinski definition) is 7. The summed E-state index contributed by atoms with van der Waals surface area (Å²) in [6, 6.07) is 18.8. The van der Waals surface area contributed by atoms with Gasteiger partial charge < -0.3 is 19.4 Å². The van der Waals surface area contributed by atoms with Gasteiger partial charge in [0.1, 0.15) is 24.0 Å². The molecule has 10 nitrogen and oxygen atoms in total. The number of benzene rings is 3. The molecule has 11 heteroatoms. The third-order valence-electron chi connectivity index (χ3n) is 14.6. The Bertz CT molecular complexity index is 2400. The smallest absolute Gasteiger partial charge is 0.255 e. The van der Waals surface area contributed by atoms with E-state index in [1.807, 2.05) is 29.2 Å². The molecule has 316 valence electrons. The van der Waals surface area contributed by atoms with Crippen LogP contribution in [-0.2, 0) is 22.7 Å². The SMILES string of the molecule is CC1(C)C(Oc2ccc(C#N)c(Cl)c2)C(C)(C)C1N1Cc2cc(C#CC3CCCC(CCC4CN(c5ccc6c(c5)CN(C5CCC(=O)NC5=O)C6=O)C4)CC3)ccc2C1=O. The summed E-state index contributed by atoms with van der Waals surface area (Å²) >= 11 is 6.31. The standard InChI is InChI=1S/C50H54ClN5O5/c1-49(2)47(50(3,4)48(49)61-38-17-15-34(25-52)41(51)24-38)56-29-35-22-32(14-18-39(35)46(56)60)12-10-30-6-5-7-31(9-8-30)11-13-33-26-54(27-33)37-16-19-40-36(23-37)28-55(45(40)59)42-20-21-43(57)53-44(42)58/h14-19,22-24,30-31,33,42,47-48H,5-9,11,13,20-21,26-29H2,1-4H3,(H,53,57,58). The van der Waals surface area contributed by atoms with E-state index >= 15 is 0 Å². The average Bonchev–Trinajstić information content (AvgIpc) is 3.58. The summed E-state index contributed by atoms with van der Waals surface area (Å²) in [5, 5.41) is 12.0. The highest BCUT2D eigenvalue weighted by atomic mass is 35.5. The minimum atomic E-state index is -0.592. The number of carbonyl (C=O) groups is 4. The lowest BCUT2D eigenvalue weighted by Gasteiger charge is -2.65. The summed E-state index contributed by atoms with van der Waals surface area (Å²) < 4.78 is 6.50. The van der Waals surface area contributed by atoms with E-state index in [0.29, 0.717) is 53.2 Å². The van der Waals surface area contributed by atoms with E-state index in [-0.39, 0.29) is 53.0 Å². The number of hydrogen-bond donors (Lipinski definition) is 1. The fourth-order valence-electron chi connectivity index (χ4n) is 11.8. The third-order valence-corrected chi connectivity index (χ3v) is 15.0. The molecule has 2 saturated heterocycles. The molecule has 3 aromatic carbocycles. The maximum Gasteiger partial charge on any atom is 0.255 e. The van der Waals surface area contributed by atoms with Crippen molar-refractivity contribution in [3.8, 4) is 23.7 Å². The molecule has 3 aromatic rings. The molecule has 4 fully saturated rings. The predicted molar refractivity (Wildman–Crippen MR) is 233 cm³/mol. The summed E-state index contributed by atoms with van der Waals surface area (Å²) in [7, 11) is 0. The lowest BCUT2D eigenvalue weighted by Crippen LogP contribution is -2.74. The van der Waals surface area contributed by atoms with Gasteiger partial charge in [-0.25, -0.2) is 0 Å². The average molecular weight is 840 g/mol. The summed E-state index contributed by atoms with van der Waals surface area (Å²) in [5.41, 5.74) is 5.28. The number of ether oxygens (including phenoxy) is 1. The lowest BCUT2D eigenvalue weighted by atomic mass is 9.49. The van der Waals surface area contributed by atoms with Gasteiger partial charge in [-0.05, 0) is 104 Å². The molecule has 0 bridgehead atoms. The largest absolute Gasteiger partial charge is 0.489 e. The normalized spacial score (nSPS) is 26.6. The number of imide groups is 1. The van der Waals surface area contributed by atoms with Crippen molar-refractivity contribution in [1.82, 2.24) is 15.1 Å². The third kappa shape index (κ3) is 7.56. The Kier molecular flexibility index (Phi) is 10.7. The second-order valence-electron chi connectivity index (χ2n) is 19.5. The Morgan fingerprint density at radius 1 is 0.803 bits per heavy atom. The van der Waals surface area contributed by atoms with Crippen LogP contribution >= 0.6 is 11.6 Å². The molecule has 3 atom stereocenters. The van der Waals surface area contributed by atoms with Crippen molar-refractivity contribution in [3.05, 3.63) is 93.0 Å². The molecule has 0 spiro atoms. The lowest BCUT2D eigenvalue weighted by molar-refractivity contribution is -0.199. The van der Waals surface area contributed by atoms with Crippen LogP contribution in [0.1, 0.15) is 128 Å². The predicted octanol–water partition coefficient (Wildman–Crippen LogP) is 8.28. The van der Waals surface area contributed by atoms with Gasteiger partial charge in [0.15, 0.2) is 0 Å². The molecular weight excluding hydrogens is 786 g/mol. The second kappa shape index (κ2) is 15.9. The highest BCUT2D eigenvalue weighted by molar-refractivity contribution is 6.31. The number of carbonyl (C=O) groups excluding carboxylic acids is 4. The van der Waals surface area contributed by atoms with Crippen LogP contribution < -0.4 is 15.0 Å². The fourth-order valence-corrected chi connectivity index (χ4v) is 12.0. The van der Waals surface area contributed by atoms with Crippen LogP contribution in [0.2, 0.25) is 5.02 Å². The summed E-state index contributed by atoms with van der Waals surface area (Å²) in [6.45, 7) is 11.7. The molecule has 9 rings (SSSR count). The number of nitrogens with zero attached hydrogens (tertiary/aromatic N) is 4. The van der Waals surface area contributed by atoms with Crippen LogP contribution in [0.5, 0.6) is 5.75 Å². The van der Waals surface area contributed by atoms with E-state index in [1.54, 1.807) is 23.1 Å². The molecule has 0 radical (unpaired) electrons. The monoisotopic (exact) mass is 839 g/mol. The van der Waals surface area contributed by atoms with Gasteiger partial charge >= 0.3 is 0 Å². The number of nitriles is 1. The quantitative estimate of drug-likeness (QED) is 0.138. The Hall–Kier alpha value is -5.32. The Labute approximate surface area is 363 Å². The first-order chi connectivity index (χ1) is 29.2. The molecule has 1 N–H and O–H groups in total. The fraction of sp³-hybridized carbons (Fsp3) is 0.500. The van der Waals surface area contributed by atoms with Crippen LogP contribution in [0.4, 0.5) is 5.69 Å². The van der Waals surface area contributed by atoms with E-state index in [1.165, 1.54) is 32.1 Å². The van der Waals surface area contributed by atoms with Crippen molar-refractivity contribution >= 4 is 40.9 Å². The molecule has 3 unspecified atom stereocenters. The molecule has 2 aliphatic carbocycles. The zero-order valence-corrected chi connectivity index (χ0v) is 36.3. The van der Waals surface area contributed by atoms with E-state index in [9.17, 15) is 24.4 Å². The van der Waals surface area contributed by atoms with Gasteiger partial charge in [0.2, 0.25) is 11.8 Å².